The molecule has 0 bridgehead atoms. The fourth-order valence-corrected chi connectivity index (χ4v) is 2.69. The predicted molar refractivity (Wildman–Crippen MR) is 86.2 cm³/mol. The third-order valence-corrected chi connectivity index (χ3v) is 3.85. The van der Waals surface area contributed by atoms with E-state index in [1.54, 1.807) is 24.3 Å². The number of anilines is 2. The Labute approximate surface area is 134 Å². The monoisotopic (exact) mass is 307 g/mol. The first-order chi connectivity index (χ1) is 11.2. The second-order valence-corrected chi connectivity index (χ2v) is 5.56. The largest absolute Gasteiger partial charge is 0.348 e. The van der Waals surface area contributed by atoms with Crippen molar-refractivity contribution in [2.45, 2.75) is 31.7 Å². The molecule has 1 fully saturated rings. The molecule has 0 atom stereocenters. The van der Waals surface area contributed by atoms with E-state index in [9.17, 15) is 4.79 Å². The summed E-state index contributed by atoms with van der Waals surface area (Å²) in [5, 5.41) is 15.0. The molecule has 0 spiro atoms. The lowest BCUT2D eigenvalue weighted by molar-refractivity contribution is 0.0932. The Hall–Kier alpha value is -2.94. The molecule has 2 aromatic rings. The summed E-state index contributed by atoms with van der Waals surface area (Å²) in [5.74, 6) is 0.347. The summed E-state index contributed by atoms with van der Waals surface area (Å²) in [7, 11) is 0. The number of benzene rings is 1. The highest BCUT2D eigenvalue weighted by molar-refractivity contribution is 5.93. The first kappa shape index (κ1) is 15.0. The number of nitrogens with one attached hydrogen (secondary N) is 2. The smallest absolute Gasteiger partial charge is 0.270 e. The van der Waals surface area contributed by atoms with E-state index in [1.165, 1.54) is 6.33 Å². The SMILES string of the molecule is N#Cc1cccc(Nc2cc(C(=O)NC3CCCC3)ncn2)c1. The molecule has 0 saturated heterocycles. The van der Waals surface area contributed by atoms with E-state index in [4.69, 9.17) is 5.26 Å². The van der Waals surface area contributed by atoms with Crippen molar-refractivity contribution in [3.8, 4) is 6.07 Å². The molecular weight excluding hydrogens is 290 g/mol. The molecule has 1 aromatic heterocycles. The molecule has 1 aliphatic carbocycles. The summed E-state index contributed by atoms with van der Waals surface area (Å²) in [6.07, 6.45) is 5.75. The van der Waals surface area contributed by atoms with Gasteiger partial charge in [-0.05, 0) is 31.0 Å². The Bertz CT molecular complexity index is 747. The average Bonchev–Trinajstić information content (AvgIpc) is 3.08. The topological polar surface area (TPSA) is 90.7 Å². The molecular formula is C17H17N5O. The third kappa shape index (κ3) is 3.83. The molecule has 1 amide bonds. The van der Waals surface area contributed by atoms with Gasteiger partial charge in [-0.2, -0.15) is 5.26 Å². The van der Waals surface area contributed by atoms with Gasteiger partial charge in [0.25, 0.3) is 5.91 Å². The minimum atomic E-state index is -0.173. The first-order valence-electron chi connectivity index (χ1n) is 7.65. The van der Waals surface area contributed by atoms with Crippen molar-refractivity contribution < 1.29 is 4.79 Å². The van der Waals surface area contributed by atoms with Crippen molar-refractivity contribution in [3.05, 3.63) is 47.9 Å². The third-order valence-electron chi connectivity index (χ3n) is 3.85. The van der Waals surface area contributed by atoms with Gasteiger partial charge in [0.1, 0.15) is 17.8 Å². The summed E-state index contributed by atoms with van der Waals surface area (Å²) in [6, 6.07) is 11.0. The molecule has 1 aromatic carbocycles. The Morgan fingerprint density at radius 1 is 1.22 bits per heavy atom. The minimum Gasteiger partial charge on any atom is -0.348 e. The molecule has 3 rings (SSSR count). The van der Waals surface area contributed by atoms with E-state index in [2.05, 4.69) is 26.7 Å². The number of carbonyl (C=O) groups excluding carboxylic acids is 1. The lowest BCUT2D eigenvalue weighted by Gasteiger charge is -2.12. The van der Waals surface area contributed by atoms with Gasteiger partial charge in [0.2, 0.25) is 0 Å². The number of amides is 1. The molecule has 0 unspecified atom stereocenters. The zero-order chi connectivity index (χ0) is 16.1. The summed E-state index contributed by atoms with van der Waals surface area (Å²) >= 11 is 0. The Balaban J connectivity index is 1.71. The van der Waals surface area contributed by atoms with E-state index in [1.807, 2.05) is 6.07 Å². The highest BCUT2D eigenvalue weighted by Crippen LogP contribution is 2.19. The maximum atomic E-state index is 12.2. The molecule has 6 nitrogen and oxygen atoms in total. The van der Waals surface area contributed by atoms with Gasteiger partial charge in [-0.15, -0.1) is 0 Å². The standard InChI is InChI=1S/C17H17N5O/c18-10-12-4-3-7-14(8-12)21-16-9-15(19-11-20-16)17(23)22-13-5-1-2-6-13/h3-4,7-9,11,13H,1-2,5-6H2,(H,22,23)(H,19,20,21). The van der Waals surface area contributed by atoms with Crippen molar-refractivity contribution in [1.82, 2.24) is 15.3 Å². The van der Waals surface area contributed by atoms with Crippen LogP contribution in [0.3, 0.4) is 0 Å². The Morgan fingerprint density at radius 2 is 2.04 bits per heavy atom. The number of aromatic nitrogens is 2. The van der Waals surface area contributed by atoms with Gasteiger partial charge in [0, 0.05) is 17.8 Å². The van der Waals surface area contributed by atoms with E-state index < -0.39 is 0 Å². The van der Waals surface area contributed by atoms with Crippen molar-refractivity contribution in [2.24, 2.45) is 0 Å². The van der Waals surface area contributed by atoms with Gasteiger partial charge in [0.15, 0.2) is 0 Å². The van der Waals surface area contributed by atoms with Crippen LogP contribution in [0.5, 0.6) is 0 Å². The van der Waals surface area contributed by atoms with Crippen LogP contribution in [0.2, 0.25) is 0 Å². The number of rotatable bonds is 4. The van der Waals surface area contributed by atoms with E-state index in [0.717, 1.165) is 31.4 Å². The van der Waals surface area contributed by atoms with Crippen molar-refractivity contribution in [3.63, 3.8) is 0 Å². The van der Waals surface area contributed by atoms with Crippen LogP contribution < -0.4 is 10.6 Å². The van der Waals surface area contributed by atoms with Crippen molar-refractivity contribution >= 4 is 17.4 Å². The zero-order valence-electron chi connectivity index (χ0n) is 12.6. The maximum Gasteiger partial charge on any atom is 0.270 e. The number of hydrogen-bond donors (Lipinski definition) is 2. The van der Waals surface area contributed by atoms with E-state index in [0.29, 0.717) is 17.1 Å². The molecule has 0 radical (unpaired) electrons. The minimum absolute atomic E-state index is 0.173. The van der Waals surface area contributed by atoms with Crippen LogP contribution in [0.4, 0.5) is 11.5 Å². The molecule has 2 N–H and O–H groups in total. The van der Waals surface area contributed by atoms with Gasteiger partial charge in [0.05, 0.1) is 11.6 Å². The Kier molecular flexibility index (Phi) is 4.48. The average molecular weight is 307 g/mol. The summed E-state index contributed by atoms with van der Waals surface area (Å²) in [4.78, 5) is 20.4. The fraction of sp³-hybridized carbons (Fsp3) is 0.294. The predicted octanol–water partition coefficient (Wildman–Crippen LogP) is 2.76. The van der Waals surface area contributed by atoms with Gasteiger partial charge in [-0.1, -0.05) is 18.9 Å². The second kappa shape index (κ2) is 6.88. The lowest BCUT2D eigenvalue weighted by Crippen LogP contribution is -2.33. The van der Waals surface area contributed by atoms with Gasteiger partial charge < -0.3 is 10.6 Å². The van der Waals surface area contributed by atoms with Crippen LogP contribution in [0.25, 0.3) is 0 Å². The molecule has 0 aliphatic heterocycles. The zero-order valence-corrected chi connectivity index (χ0v) is 12.6. The number of nitrogens with zero attached hydrogens (tertiary/aromatic N) is 3. The van der Waals surface area contributed by atoms with Crippen LogP contribution in [-0.2, 0) is 0 Å². The number of hydrogen-bond acceptors (Lipinski definition) is 5. The highest BCUT2D eigenvalue weighted by Gasteiger charge is 2.18. The molecule has 1 aliphatic rings. The normalized spacial score (nSPS) is 14.2. The van der Waals surface area contributed by atoms with Gasteiger partial charge >= 0.3 is 0 Å². The molecule has 116 valence electrons. The molecule has 1 saturated carbocycles. The van der Waals surface area contributed by atoms with Gasteiger partial charge in [-0.3, -0.25) is 4.79 Å². The van der Waals surface area contributed by atoms with E-state index >= 15 is 0 Å². The van der Waals surface area contributed by atoms with Crippen LogP contribution >= 0.6 is 0 Å². The molecule has 23 heavy (non-hydrogen) atoms. The van der Waals surface area contributed by atoms with Gasteiger partial charge in [-0.25, -0.2) is 9.97 Å². The van der Waals surface area contributed by atoms with Crippen LogP contribution in [0.1, 0.15) is 41.7 Å². The second-order valence-electron chi connectivity index (χ2n) is 5.56. The quantitative estimate of drug-likeness (QED) is 0.906. The maximum absolute atomic E-state index is 12.2. The van der Waals surface area contributed by atoms with Crippen LogP contribution in [-0.4, -0.2) is 21.9 Å². The summed E-state index contributed by atoms with van der Waals surface area (Å²) in [6.45, 7) is 0. The summed E-state index contributed by atoms with van der Waals surface area (Å²) < 4.78 is 0. The van der Waals surface area contributed by atoms with Crippen molar-refractivity contribution in [2.75, 3.05) is 5.32 Å². The first-order valence-corrected chi connectivity index (χ1v) is 7.65. The number of nitriles is 1. The lowest BCUT2D eigenvalue weighted by atomic mass is 10.2. The van der Waals surface area contributed by atoms with E-state index in [-0.39, 0.29) is 11.9 Å². The summed E-state index contributed by atoms with van der Waals surface area (Å²) in [5.41, 5.74) is 1.64. The number of carbonyl (C=O) groups is 1. The molecule has 6 heteroatoms. The van der Waals surface area contributed by atoms with Crippen LogP contribution in [0.15, 0.2) is 36.7 Å². The fourth-order valence-electron chi connectivity index (χ4n) is 2.69. The Morgan fingerprint density at radius 3 is 2.83 bits per heavy atom. The highest BCUT2D eigenvalue weighted by atomic mass is 16.1. The molecule has 1 heterocycles. The van der Waals surface area contributed by atoms with Crippen LogP contribution in [0, 0.1) is 11.3 Å². The van der Waals surface area contributed by atoms with Crippen molar-refractivity contribution in [1.29, 1.82) is 5.26 Å².